The van der Waals surface area contributed by atoms with Crippen molar-refractivity contribution in [3.05, 3.63) is 35.5 Å². The lowest BCUT2D eigenvalue weighted by Crippen LogP contribution is -2.08. The summed E-state index contributed by atoms with van der Waals surface area (Å²) in [4.78, 5) is 11.8. The van der Waals surface area contributed by atoms with Crippen LogP contribution in [0, 0.1) is 6.92 Å². The van der Waals surface area contributed by atoms with Gasteiger partial charge in [0, 0.05) is 7.05 Å². The molecule has 2 aromatic rings. The van der Waals surface area contributed by atoms with Gasteiger partial charge in [0.05, 0.1) is 12.5 Å². The van der Waals surface area contributed by atoms with Crippen molar-refractivity contribution in [2.75, 3.05) is 0 Å². The van der Waals surface area contributed by atoms with E-state index in [-0.39, 0.29) is 5.78 Å². The standard InChI is InChI=1S/C9H9N3O2/c1-6-3-4-14-9(6)8(13)7-5-10-11-12(7)2/h3-5H,1-2H3. The maximum absolute atomic E-state index is 11.8. The van der Waals surface area contributed by atoms with Gasteiger partial charge >= 0.3 is 0 Å². The minimum Gasteiger partial charge on any atom is -0.461 e. The van der Waals surface area contributed by atoms with Crippen LogP contribution in [0.2, 0.25) is 0 Å². The molecule has 0 saturated carbocycles. The Bertz CT molecular complexity index is 428. The summed E-state index contributed by atoms with van der Waals surface area (Å²) in [6.07, 6.45) is 2.91. The summed E-state index contributed by atoms with van der Waals surface area (Å²) < 4.78 is 6.51. The molecule has 0 spiro atoms. The third kappa shape index (κ3) is 1.22. The van der Waals surface area contributed by atoms with E-state index >= 15 is 0 Å². The molecule has 5 heteroatoms. The van der Waals surface area contributed by atoms with Gasteiger partial charge in [-0.25, -0.2) is 4.68 Å². The zero-order valence-electron chi connectivity index (χ0n) is 7.89. The molecule has 0 atom stereocenters. The van der Waals surface area contributed by atoms with Crippen molar-refractivity contribution in [1.82, 2.24) is 15.0 Å². The van der Waals surface area contributed by atoms with E-state index in [4.69, 9.17) is 4.42 Å². The molecule has 0 unspecified atom stereocenters. The van der Waals surface area contributed by atoms with Crippen LogP contribution in [0.15, 0.2) is 22.9 Å². The van der Waals surface area contributed by atoms with Crippen LogP contribution in [-0.4, -0.2) is 20.8 Å². The summed E-state index contributed by atoms with van der Waals surface area (Å²) in [5.41, 5.74) is 1.24. The third-order valence-corrected chi connectivity index (χ3v) is 2.02. The summed E-state index contributed by atoms with van der Waals surface area (Å²) in [6, 6.07) is 1.75. The minimum atomic E-state index is -0.194. The van der Waals surface area contributed by atoms with Crippen molar-refractivity contribution in [1.29, 1.82) is 0 Å². The number of nitrogens with zero attached hydrogens (tertiary/aromatic N) is 3. The number of hydrogen-bond acceptors (Lipinski definition) is 4. The molecule has 0 aliphatic carbocycles. The molecule has 0 aliphatic rings. The summed E-state index contributed by atoms with van der Waals surface area (Å²) in [5.74, 6) is 0.149. The molecule has 2 rings (SSSR count). The first-order chi connectivity index (χ1) is 6.70. The van der Waals surface area contributed by atoms with Gasteiger partial charge in [-0.05, 0) is 18.6 Å². The fraction of sp³-hybridized carbons (Fsp3) is 0.222. The number of furan rings is 1. The molecule has 0 aliphatic heterocycles. The highest BCUT2D eigenvalue weighted by Crippen LogP contribution is 2.13. The van der Waals surface area contributed by atoms with Crippen molar-refractivity contribution < 1.29 is 9.21 Å². The maximum Gasteiger partial charge on any atom is 0.248 e. The van der Waals surface area contributed by atoms with Crippen molar-refractivity contribution in [3.63, 3.8) is 0 Å². The van der Waals surface area contributed by atoms with E-state index in [2.05, 4.69) is 10.3 Å². The molecule has 0 radical (unpaired) electrons. The van der Waals surface area contributed by atoms with E-state index in [1.165, 1.54) is 17.1 Å². The second-order valence-electron chi connectivity index (χ2n) is 3.00. The largest absolute Gasteiger partial charge is 0.461 e. The number of hydrogen-bond donors (Lipinski definition) is 0. The van der Waals surface area contributed by atoms with Crippen LogP contribution in [0.3, 0.4) is 0 Å². The van der Waals surface area contributed by atoms with Gasteiger partial charge in [-0.3, -0.25) is 4.79 Å². The number of aromatic nitrogens is 3. The Balaban J connectivity index is 2.44. The van der Waals surface area contributed by atoms with Crippen LogP contribution in [0.1, 0.15) is 21.8 Å². The van der Waals surface area contributed by atoms with Gasteiger partial charge in [0.2, 0.25) is 5.78 Å². The SMILES string of the molecule is Cc1ccoc1C(=O)c1cnnn1C. The van der Waals surface area contributed by atoms with Gasteiger partial charge in [0.1, 0.15) is 5.69 Å². The zero-order chi connectivity index (χ0) is 10.1. The zero-order valence-corrected chi connectivity index (χ0v) is 7.89. The second kappa shape index (κ2) is 3.10. The first kappa shape index (κ1) is 8.68. The molecule has 72 valence electrons. The number of ketones is 1. The Morgan fingerprint density at radius 2 is 2.36 bits per heavy atom. The highest BCUT2D eigenvalue weighted by molar-refractivity contribution is 6.06. The Morgan fingerprint density at radius 1 is 1.57 bits per heavy atom. The van der Waals surface area contributed by atoms with E-state index in [1.807, 2.05) is 6.92 Å². The maximum atomic E-state index is 11.8. The van der Waals surface area contributed by atoms with Crippen LogP contribution in [0.5, 0.6) is 0 Å². The Labute approximate surface area is 80.3 Å². The highest BCUT2D eigenvalue weighted by Gasteiger charge is 2.18. The predicted molar refractivity (Wildman–Crippen MR) is 47.9 cm³/mol. The summed E-state index contributed by atoms with van der Waals surface area (Å²) in [5, 5.41) is 7.31. The first-order valence-electron chi connectivity index (χ1n) is 4.13. The van der Waals surface area contributed by atoms with Crippen LogP contribution in [-0.2, 0) is 7.05 Å². The second-order valence-corrected chi connectivity index (χ2v) is 3.00. The van der Waals surface area contributed by atoms with Crippen LogP contribution < -0.4 is 0 Å². The minimum absolute atomic E-state index is 0.194. The molecule has 5 nitrogen and oxygen atoms in total. The average molecular weight is 191 g/mol. The third-order valence-electron chi connectivity index (χ3n) is 2.02. The topological polar surface area (TPSA) is 60.9 Å². The molecule has 14 heavy (non-hydrogen) atoms. The fourth-order valence-corrected chi connectivity index (χ4v) is 1.22. The predicted octanol–water partition coefficient (Wildman–Crippen LogP) is 0.948. The van der Waals surface area contributed by atoms with Gasteiger partial charge in [0.25, 0.3) is 0 Å². The average Bonchev–Trinajstić information content (AvgIpc) is 2.73. The molecular weight excluding hydrogens is 182 g/mol. The van der Waals surface area contributed by atoms with Crippen molar-refractivity contribution in [2.45, 2.75) is 6.92 Å². The molecule has 0 amide bonds. The molecule has 0 bridgehead atoms. The van der Waals surface area contributed by atoms with Crippen LogP contribution >= 0.6 is 0 Å². The number of aryl methyl sites for hydroxylation is 2. The van der Waals surface area contributed by atoms with E-state index < -0.39 is 0 Å². The molecule has 2 aromatic heterocycles. The van der Waals surface area contributed by atoms with Gasteiger partial charge in [-0.2, -0.15) is 0 Å². The Kier molecular flexibility index (Phi) is 1.92. The van der Waals surface area contributed by atoms with Crippen molar-refractivity contribution in [2.24, 2.45) is 7.05 Å². The number of carbonyl (C=O) groups excluding carboxylic acids is 1. The molecule has 0 N–H and O–H groups in total. The Hall–Kier alpha value is -1.91. The Morgan fingerprint density at radius 3 is 2.86 bits per heavy atom. The highest BCUT2D eigenvalue weighted by atomic mass is 16.3. The lowest BCUT2D eigenvalue weighted by Gasteiger charge is -1.97. The summed E-state index contributed by atoms with van der Waals surface area (Å²) in [7, 11) is 1.67. The first-order valence-corrected chi connectivity index (χ1v) is 4.13. The van der Waals surface area contributed by atoms with E-state index in [0.29, 0.717) is 11.5 Å². The fourth-order valence-electron chi connectivity index (χ4n) is 1.22. The van der Waals surface area contributed by atoms with Gasteiger partial charge in [0.15, 0.2) is 5.76 Å². The monoisotopic (exact) mass is 191 g/mol. The van der Waals surface area contributed by atoms with Gasteiger partial charge < -0.3 is 4.42 Å². The smallest absolute Gasteiger partial charge is 0.248 e. The molecule has 0 aromatic carbocycles. The number of rotatable bonds is 2. The summed E-state index contributed by atoms with van der Waals surface area (Å²) >= 11 is 0. The van der Waals surface area contributed by atoms with Crippen LogP contribution in [0.25, 0.3) is 0 Å². The van der Waals surface area contributed by atoms with Crippen LogP contribution in [0.4, 0.5) is 0 Å². The molecule has 0 saturated heterocycles. The van der Waals surface area contributed by atoms with E-state index in [0.717, 1.165) is 5.56 Å². The van der Waals surface area contributed by atoms with Crippen molar-refractivity contribution >= 4 is 5.78 Å². The van der Waals surface area contributed by atoms with E-state index in [1.54, 1.807) is 13.1 Å². The van der Waals surface area contributed by atoms with E-state index in [9.17, 15) is 4.79 Å². The normalized spacial score (nSPS) is 10.4. The quantitative estimate of drug-likeness (QED) is 0.663. The molecule has 2 heterocycles. The van der Waals surface area contributed by atoms with Gasteiger partial charge in [-0.1, -0.05) is 5.21 Å². The molecule has 0 fully saturated rings. The van der Waals surface area contributed by atoms with Gasteiger partial charge in [-0.15, -0.1) is 5.10 Å². The lowest BCUT2D eigenvalue weighted by molar-refractivity contribution is 0.0999. The molecular formula is C9H9N3O2. The number of carbonyl (C=O) groups is 1. The lowest BCUT2D eigenvalue weighted by atomic mass is 10.2. The summed E-state index contributed by atoms with van der Waals surface area (Å²) in [6.45, 7) is 1.82. The van der Waals surface area contributed by atoms with Crippen molar-refractivity contribution in [3.8, 4) is 0 Å².